The van der Waals surface area contributed by atoms with Crippen molar-refractivity contribution in [3.05, 3.63) is 86.1 Å². The van der Waals surface area contributed by atoms with Gasteiger partial charge in [0.1, 0.15) is 23.2 Å². The van der Waals surface area contributed by atoms with E-state index < -0.39 is 10.8 Å². The minimum absolute atomic E-state index is 0.0904. The quantitative estimate of drug-likeness (QED) is 0.247. The number of nitriles is 1. The molecule has 0 bridgehead atoms. The lowest BCUT2D eigenvalue weighted by atomic mass is 10.1. The molecule has 8 heteroatoms. The van der Waals surface area contributed by atoms with Gasteiger partial charge in [0, 0.05) is 12.1 Å². The van der Waals surface area contributed by atoms with Gasteiger partial charge in [-0.1, -0.05) is 29.8 Å². The first kappa shape index (κ1) is 20.8. The summed E-state index contributed by atoms with van der Waals surface area (Å²) in [5, 5.41) is 23.7. The number of furan rings is 1. The number of rotatable bonds is 5. The zero-order valence-corrected chi connectivity index (χ0v) is 16.9. The number of hydrogen-bond acceptors (Lipinski definition) is 5. The van der Waals surface area contributed by atoms with E-state index in [1.54, 1.807) is 50.2 Å². The predicted molar refractivity (Wildman–Crippen MR) is 114 cm³/mol. The highest BCUT2D eigenvalue weighted by molar-refractivity contribution is 6.34. The molecular weight excluding hydrogens is 406 g/mol. The maximum absolute atomic E-state index is 12.5. The number of nitrogens with one attached hydrogen (secondary N) is 1. The molecule has 30 heavy (non-hydrogen) atoms. The molecule has 0 aliphatic heterocycles. The van der Waals surface area contributed by atoms with Crippen molar-refractivity contribution in [1.82, 2.24) is 0 Å². The van der Waals surface area contributed by atoms with Gasteiger partial charge in [-0.3, -0.25) is 14.9 Å². The molecule has 1 aromatic heterocycles. The first-order valence-electron chi connectivity index (χ1n) is 8.83. The number of amides is 1. The highest BCUT2D eigenvalue weighted by Crippen LogP contribution is 2.32. The number of halogens is 1. The molecule has 2 aromatic carbocycles. The first-order chi connectivity index (χ1) is 14.3. The van der Waals surface area contributed by atoms with E-state index in [1.807, 2.05) is 6.07 Å². The number of carbonyl (C=O) groups is 1. The van der Waals surface area contributed by atoms with Crippen LogP contribution in [0.2, 0.25) is 5.02 Å². The molecule has 0 aliphatic rings. The van der Waals surface area contributed by atoms with Crippen molar-refractivity contribution >= 4 is 35.0 Å². The Balaban J connectivity index is 1.90. The fourth-order valence-electron chi connectivity index (χ4n) is 2.84. The average Bonchev–Trinajstić information content (AvgIpc) is 3.17. The number of hydrogen-bond donors (Lipinski definition) is 1. The zero-order chi connectivity index (χ0) is 21.8. The van der Waals surface area contributed by atoms with Gasteiger partial charge in [0.2, 0.25) is 0 Å². The third-order valence-electron chi connectivity index (χ3n) is 4.35. The highest BCUT2D eigenvalue weighted by atomic mass is 35.5. The van der Waals surface area contributed by atoms with Crippen molar-refractivity contribution in [3.63, 3.8) is 0 Å². The van der Waals surface area contributed by atoms with Crippen molar-refractivity contribution in [1.29, 1.82) is 5.26 Å². The van der Waals surface area contributed by atoms with Gasteiger partial charge in [-0.15, -0.1) is 0 Å². The second-order valence-corrected chi connectivity index (χ2v) is 6.94. The number of aryl methyl sites for hydroxylation is 2. The fraction of sp³-hybridized carbons (Fsp3) is 0.0909. The SMILES string of the molecule is Cc1ccc(-c2ccc(/C=C(\C#N)C(=O)Nc3c(C)cccc3Cl)o2)c([N+](=O)[O-])c1. The zero-order valence-electron chi connectivity index (χ0n) is 16.1. The van der Waals surface area contributed by atoms with Crippen LogP contribution in [-0.4, -0.2) is 10.8 Å². The van der Waals surface area contributed by atoms with E-state index in [2.05, 4.69) is 5.32 Å². The number of para-hydroxylation sites is 1. The van der Waals surface area contributed by atoms with E-state index in [0.717, 1.165) is 11.1 Å². The number of nitrogens with zero attached hydrogens (tertiary/aromatic N) is 2. The molecule has 0 atom stereocenters. The minimum atomic E-state index is -0.645. The van der Waals surface area contributed by atoms with E-state index in [4.69, 9.17) is 16.0 Å². The van der Waals surface area contributed by atoms with E-state index in [-0.39, 0.29) is 22.8 Å². The van der Waals surface area contributed by atoms with E-state index in [0.29, 0.717) is 16.3 Å². The van der Waals surface area contributed by atoms with E-state index in [1.165, 1.54) is 18.2 Å². The van der Waals surface area contributed by atoms with Gasteiger partial charge >= 0.3 is 0 Å². The van der Waals surface area contributed by atoms with Crippen LogP contribution in [0, 0.1) is 35.3 Å². The van der Waals surface area contributed by atoms with Crippen LogP contribution in [0.5, 0.6) is 0 Å². The molecule has 0 fully saturated rings. The first-order valence-corrected chi connectivity index (χ1v) is 9.21. The van der Waals surface area contributed by atoms with Crippen LogP contribution in [0.1, 0.15) is 16.9 Å². The van der Waals surface area contributed by atoms with Gasteiger partial charge in [-0.25, -0.2) is 0 Å². The molecule has 0 spiro atoms. The Labute approximate surface area is 177 Å². The van der Waals surface area contributed by atoms with Crippen molar-refractivity contribution in [2.45, 2.75) is 13.8 Å². The number of nitro groups is 1. The van der Waals surface area contributed by atoms with Crippen molar-refractivity contribution in [2.75, 3.05) is 5.32 Å². The molecule has 0 radical (unpaired) electrons. The van der Waals surface area contributed by atoms with Crippen molar-refractivity contribution < 1.29 is 14.1 Å². The molecule has 0 saturated heterocycles. The molecular formula is C22H16ClN3O4. The molecule has 150 valence electrons. The van der Waals surface area contributed by atoms with Crippen LogP contribution in [0.3, 0.4) is 0 Å². The largest absolute Gasteiger partial charge is 0.456 e. The Kier molecular flexibility index (Phi) is 6.00. The number of anilines is 1. The molecule has 7 nitrogen and oxygen atoms in total. The monoisotopic (exact) mass is 421 g/mol. The maximum Gasteiger partial charge on any atom is 0.280 e. The highest BCUT2D eigenvalue weighted by Gasteiger charge is 2.19. The summed E-state index contributed by atoms with van der Waals surface area (Å²) in [6.45, 7) is 3.54. The van der Waals surface area contributed by atoms with Crippen LogP contribution < -0.4 is 5.32 Å². The smallest absolute Gasteiger partial charge is 0.280 e. The topological polar surface area (TPSA) is 109 Å². The van der Waals surface area contributed by atoms with Gasteiger partial charge in [-0.2, -0.15) is 5.26 Å². The second-order valence-electron chi connectivity index (χ2n) is 6.54. The number of benzene rings is 2. The lowest BCUT2D eigenvalue weighted by Crippen LogP contribution is -2.14. The average molecular weight is 422 g/mol. The van der Waals surface area contributed by atoms with E-state index >= 15 is 0 Å². The third kappa shape index (κ3) is 4.40. The summed E-state index contributed by atoms with van der Waals surface area (Å²) >= 11 is 6.11. The molecule has 0 aliphatic carbocycles. The van der Waals surface area contributed by atoms with Crippen LogP contribution in [0.25, 0.3) is 17.4 Å². The summed E-state index contributed by atoms with van der Waals surface area (Å²) in [5.41, 5.74) is 1.93. The standard InChI is InChI=1S/C22H16ClN3O4/c1-13-6-8-17(19(10-13)26(28)29)20-9-7-16(30-20)11-15(12-24)22(27)25-21-14(2)4-3-5-18(21)23/h3-11H,1-2H3,(H,25,27)/b15-11+. The molecule has 0 unspecified atom stereocenters. The Hall–Kier alpha value is -3.89. The summed E-state index contributed by atoms with van der Waals surface area (Å²) in [7, 11) is 0. The van der Waals surface area contributed by atoms with Gasteiger partial charge in [0.15, 0.2) is 0 Å². The Morgan fingerprint density at radius 1 is 1.23 bits per heavy atom. The van der Waals surface area contributed by atoms with Crippen LogP contribution >= 0.6 is 11.6 Å². The van der Waals surface area contributed by atoms with Gasteiger partial charge in [0.25, 0.3) is 11.6 Å². The molecule has 3 aromatic rings. The second kappa shape index (κ2) is 8.64. The van der Waals surface area contributed by atoms with Gasteiger partial charge in [0.05, 0.1) is 21.2 Å². The maximum atomic E-state index is 12.5. The summed E-state index contributed by atoms with van der Waals surface area (Å²) in [4.78, 5) is 23.4. The minimum Gasteiger partial charge on any atom is -0.456 e. The van der Waals surface area contributed by atoms with Crippen molar-refractivity contribution in [2.24, 2.45) is 0 Å². The molecule has 3 rings (SSSR count). The molecule has 0 saturated carbocycles. The van der Waals surface area contributed by atoms with Crippen LogP contribution in [0.15, 0.2) is 58.5 Å². The summed E-state index contributed by atoms with van der Waals surface area (Å²) < 4.78 is 5.64. The lowest BCUT2D eigenvalue weighted by molar-refractivity contribution is -0.384. The molecule has 1 amide bonds. The van der Waals surface area contributed by atoms with Crippen molar-refractivity contribution in [3.8, 4) is 17.4 Å². The molecule has 1 heterocycles. The fourth-order valence-corrected chi connectivity index (χ4v) is 3.11. The summed E-state index contributed by atoms with van der Waals surface area (Å²) in [6.07, 6.45) is 1.27. The van der Waals surface area contributed by atoms with Crippen LogP contribution in [-0.2, 0) is 4.79 Å². The normalized spacial score (nSPS) is 11.1. The van der Waals surface area contributed by atoms with E-state index in [9.17, 15) is 20.2 Å². The Bertz CT molecular complexity index is 1200. The Morgan fingerprint density at radius 2 is 2.00 bits per heavy atom. The summed E-state index contributed by atoms with van der Waals surface area (Å²) in [6, 6.07) is 14.9. The Morgan fingerprint density at radius 3 is 2.67 bits per heavy atom. The van der Waals surface area contributed by atoms with Crippen LogP contribution in [0.4, 0.5) is 11.4 Å². The summed E-state index contributed by atoms with van der Waals surface area (Å²) in [5.74, 6) is -0.178. The van der Waals surface area contributed by atoms with Gasteiger partial charge in [-0.05, 0) is 49.2 Å². The van der Waals surface area contributed by atoms with Gasteiger partial charge < -0.3 is 9.73 Å². The number of carbonyl (C=O) groups excluding carboxylic acids is 1. The third-order valence-corrected chi connectivity index (χ3v) is 4.67. The number of nitro benzene ring substituents is 1. The predicted octanol–water partition coefficient (Wildman–Crippen LogP) is 5.67. The lowest BCUT2D eigenvalue weighted by Gasteiger charge is -2.09. The molecule has 1 N–H and O–H groups in total.